The molecule has 0 amide bonds. The van der Waals surface area contributed by atoms with Crippen LogP contribution >= 0.6 is 0 Å². The smallest absolute Gasteiger partial charge is 0.176 e. The van der Waals surface area contributed by atoms with Gasteiger partial charge in [-0.1, -0.05) is 6.07 Å². The Hall–Kier alpha value is -1.19. The third kappa shape index (κ3) is 1.29. The van der Waals surface area contributed by atoms with E-state index in [1.54, 1.807) is 20.0 Å². The number of anilines is 1. The van der Waals surface area contributed by atoms with Crippen LogP contribution in [0.25, 0.3) is 0 Å². The van der Waals surface area contributed by atoms with Gasteiger partial charge in [-0.25, -0.2) is 4.39 Å². The number of rotatable bonds is 1. The molecule has 0 aromatic heterocycles. The highest BCUT2D eigenvalue weighted by atomic mass is 19.1. The van der Waals surface area contributed by atoms with Crippen molar-refractivity contribution in [2.45, 2.75) is 0 Å². The highest BCUT2D eigenvalue weighted by Crippen LogP contribution is 2.21. The van der Waals surface area contributed by atoms with E-state index in [0.29, 0.717) is 11.2 Å². The summed E-state index contributed by atoms with van der Waals surface area (Å²) >= 11 is 0. The fraction of sp³-hybridized carbons (Fsp3) is 0.143. The molecular weight excluding hydrogens is 144 g/mol. The average molecular weight is 153 g/mol. The average Bonchev–Trinajstić information content (AvgIpc) is 1.99. The molecule has 0 aliphatic heterocycles. The van der Waals surface area contributed by atoms with Gasteiger partial charge in [0, 0.05) is 0 Å². The van der Waals surface area contributed by atoms with Gasteiger partial charge in [0.25, 0.3) is 0 Å². The molecule has 1 rings (SSSR count). The number of nitrogen functional groups attached to an aromatic ring is 1. The van der Waals surface area contributed by atoms with E-state index in [2.05, 4.69) is 0 Å². The zero-order chi connectivity index (χ0) is 8.43. The molecule has 0 saturated heterocycles. The molecule has 0 heterocycles. The number of methoxy groups -OCH3 is 1. The van der Waals surface area contributed by atoms with E-state index >= 15 is 0 Å². The summed E-state index contributed by atoms with van der Waals surface area (Å²) in [5.74, 6) is -0.252. The molecule has 0 unspecified atom stereocenters. The SMILES string of the molecule is Bc1ccc(N)c(OC)c1F. The number of hydrogen-bond acceptors (Lipinski definition) is 2. The van der Waals surface area contributed by atoms with Crippen LogP contribution < -0.4 is 15.9 Å². The number of halogens is 1. The van der Waals surface area contributed by atoms with E-state index in [9.17, 15) is 4.39 Å². The van der Waals surface area contributed by atoms with E-state index < -0.39 is 0 Å². The normalized spacial score (nSPS) is 9.64. The fourth-order valence-electron chi connectivity index (χ4n) is 0.877. The summed E-state index contributed by atoms with van der Waals surface area (Å²) in [4.78, 5) is 0. The fourth-order valence-corrected chi connectivity index (χ4v) is 0.877. The quantitative estimate of drug-likeness (QED) is 0.443. The molecule has 0 atom stereocenters. The van der Waals surface area contributed by atoms with Gasteiger partial charge >= 0.3 is 0 Å². The van der Waals surface area contributed by atoms with Crippen molar-refractivity contribution in [2.75, 3.05) is 12.8 Å². The third-order valence-corrected chi connectivity index (χ3v) is 1.52. The largest absolute Gasteiger partial charge is 0.492 e. The minimum absolute atomic E-state index is 0.130. The molecule has 2 N–H and O–H groups in total. The van der Waals surface area contributed by atoms with Crippen LogP contribution in [-0.4, -0.2) is 15.0 Å². The van der Waals surface area contributed by atoms with Gasteiger partial charge in [0.15, 0.2) is 11.6 Å². The Kier molecular flexibility index (Phi) is 2.03. The minimum Gasteiger partial charge on any atom is -0.492 e. The van der Waals surface area contributed by atoms with Crippen LogP contribution in [0.15, 0.2) is 12.1 Å². The Morgan fingerprint density at radius 3 is 2.64 bits per heavy atom. The second kappa shape index (κ2) is 2.82. The van der Waals surface area contributed by atoms with Crippen LogP contribution in [0.2, 0.25) is 0 Å². The summed E-state index contributed by atoms with van der Waals surface area (Å²) in [7, 11) is 3.06. The van der Waals surface area contributed by atoms with Crippen LogP contribution in [0.1, 0.15) is 0 Å². The third-order valence-electron chi connectivity index (χ3n) is 1.52. The van der Waals surface area contributed by atoms with E-state index in [1.807, 2.05) is 0 Å². The highest BCUT2D eigenvalue weighted by Gasteiger charge is 2.07. The Bertz CT molecular complexity index is 277. The van der Waals surface area contributed by atoms with E-state index in [-0.39, 0.29) is 11.6 Å². The summed E-state index contributed by atoms with van der Waals surface area (Å²) in [6, 6.07) is 3.24. The molecule has 11 heavy (non-hydrogen) atoms. The Morgan fingerprint density at radius 1 is 1.55 bits per heavy atom. The summed E-state index contributed by atoms with van der Waals surface area (Å²) in [5.41, 5.74) is 6.30. The van der Waals surface area contributed by atoms with Crippen molar-refractivity contribution in [1.82, 2.24) is 0 Å². The number of benzene rings is 1. The predicted octanol–water partition coefficient (Wildman–Crippen LogP) is -0.325. The van der Waals surface area contributed by atoms with Crippen molar-refractivity contribution in [3.05, 3.63) is 17.9 Å². The molecule has 2 nitrogen and oxygen atoms in total. The van der Waals surface area contributed by atoms with Crippen molar-refractivity contribution < 1.29 is 9.13 Å². The summed E-state index contributed by atoms with van der Waals surface area (Å²) in [5, 5.41) is 0. The molecule has 0 aliphatic carbocycles. The molecule has 0 bridgehead atoms. The minimum atomic E-state index is -0.382. The number of hydrogen-bond donors (Lipinski definition) is 1. The first-order valence-electron chi connectivity index (χ1n) is 3.25. The Labute approximate surface area is 65.6 Å². The standard InChI is InChI=1S/C7H9BFNO/c1-11-7-5(10)3-2-4(8)6(7)9/h2-3H,8,10H2,1H3. The van der Waals surface area contributed by atoms with Crippen LogP contribution in [0, 0.1) is 5.82 Å². The van der Waals surface area contributed by atoms with Crippen LogP contribution in [0.3, 0.4) is 0 Å². The summed E-state index contributed by atoms with van der Waals surface area (Å²) in [6.07, 6.45) is 0. The number of nitrogens with two attached hydrogens (primary N) is 1. The monoisotopic (exact) mass is 153 g/mol. The molecule has 0 radical (unpaired) electrons. The lowest BCUT2D eigenvalue weighted by Gasteiger charge is -2.06. The first-order valence-corrected chi connectivity index (χ1v) is 3.25. The van der Waals surface area contributed by atoms with Crippen molar-refractivity contribution in [1.29, 1.82) is 0 Å². The maximum absolute atomic E-state index is 13.1. The van der Waals surface area contributed by atoms with E-state index in [1.165, 1.54) is 7.11 Å². The summed E-state index contributed by atoms with van der Waals surface area (Å²) < 4.78 is 17.8. The lowest BCUT2D eigenvalue weighted by Crippen LogP contribution is -2.11. The molecule has 0 spiro atoms. The first kappa shape index (κ1) is 7.92. The predicted molar refractivity (Wildman–Crippen MR) is 45.5 cm³/mol. The van der Waals surface area contributed by atoms with Crippen molar-refractivity contribution in [3.63, 3.8) is 0 Å². The van der Waals surface area contributed by atoms with Crippen LogP contribution in [-0.2, 0) is 0 Å². The van der Waals surface area contributed by atoms with Gasteiger partial charge in [-0.05, 0) is 11.5 Å². The Balaban J connectivity index is 3.29. The maximum Gasteiger partial charge on any atom is 0.176 e. The molecule has 58 valence electrons. The van der Waals surface area contributed by atoms with Gasteiger partial charge in [0.2, 0.25) is 0 Å². The van der Waals surface area contributed by atoms with Crippen molar-refractivity contribution in [3.8, 4) is 5.75 Å². The highest BCUT2D eigenvalue weighted by molar-refractivity contribution is 6.32. The van der Waals surface area contributed by atoms with Crippen LogP contribution in [0.5, 0.6) is 5.75 Å². The van der Waals surface area contributed by atoms with Gasteiger partial charge in [-0.2, -0.15) is 0 Å². The summed E-state index contributed by atoms with van der Waals surface area (Å²) in [6.45, 7) is 0. The van der Waals surface area contributed by atoms with Gasteiger partial charge < -0.3 is 10.5 Å². The molecule has 1 aromatic rings. The van der Waals surface area contributed by atoms with Gasteiger partial charge in [-0.15, -0.1) is 0 Å². The van der Waals surface area contributed by atoms with Gasteiger partial charge in [-0.3, -0.25) is 0 Å². The number of ether oxygens (including phenoxy) is 1. The zero-order valence-corrected chi connectivity index (χ0v) is 6.52. The lowest BCUT2D eigenvalue weighted by atomic mass is 9.95. The topological polar surface area (TPSA) is 35.2 Å². The lowest BCUT2D eigenvalue weighted by molar-refractivity contribution is 0.390. The maximum atomic E-state index is 13.1. The van der Waals surface area contributed by atoms with Crippen molar-refractivity contribution >= 4 is 19.0 Å². The molecule has 1 aromatic carbocycles. The van der Waals surface area contributed by atoms with Gasteiger partial charge in [0.1, 0.15) is 7.85 Å². The van der Waals surface area contributed by atoms with E-state index in [4.69, 9.17) is 10.5 Å². The zero-order valence-electron chi connectivity index (χ0n) is 6.52. The molecule has 4 heteroatoms. The van der Waals surface area contributed by atoms with Crippen LogP contribution in [0.4, 0.5) is 10.1 Å². The molecular formula is C7H9BFNO. The van der Waals surface area contributed by atoms with E-state index in [0.717, 1.165) is 0 Å². The molecule has 0 aliphatic rings. The second-order valence-corrected chi connectivity index (χ2v) is 2.32. The second-order valence-electron chi connectivity index (χ2n) is 2.32. The van der Waals surface area contributed by atoms with Gasteiger partial charge in [0.05, 0.1) is 12.8 Å². The first-order chi connectivity index (χ1) is 5.16. The van der Waals surface area contributed by atoms with Crippen molar-refractivity contribution in [2.24, 2.45) is 0 Å². The Morgan fingerprint density at radius 2 is 2.18 bits per heavy atom. The molecule has 0 saturated carbocycles. The molecule has 0 fully saturated rings.